The number of nitrogens with zero attached hydrogens (tertiary/aromatic N) is 4. The van der Waals surface area contributed by atoms with Crippen LogP contribution in [0, 0.1) is 11.3 Å². The first-order chi connectivity index (χ1) is 14.1. The summed E-state index contributed by atoms with van der Waals surface area (Å²) in [6, 6.07) is 18.9. The van der Waals surface area contributed by atoms with Crippen molar-refractivity contribution in [2.24, 2.45) is 0 Å². The zero-order valence-corrected chi connectivity index (χ0v) is 15.7. The molecule has 0 aliphatic rings. The van der Waals surface area contributed by atoms with E-state index in [0.29, 0.717) is 21.6 Å². The van der Waals surface area contributed by atoms with Gasteiger partial charge in [0.1, 0.15) is 23.3 Å². The fourth-order valence-corrected chi connectivity index (χ4v) is 3.22. The highest BCUT2D eigenvalue weighted by atomic mass is 35.5. The quantitative estimate of drug-likeness (QED) is 0.516. The number of halogens is 1. The van der Waals surface area contributed by atoms with Gasteiger partial charge in [0.2, 0.25) is 0 Å². The summed E-state index contributed by atoms with van der Waals surface area (Å²) >= 11 is 6.33. The molecule has 0 saturated carbocycles. The van der Waals surface area contributed by atoms with Gasteiger partial charge in [0.05, 0.1) is 27.2 Å². The van der Waals surface area contributed by atoms with Gasteiger partial charge in [-0.15, -0.1) is 0 Å². The van der Waals surface area contributed by atoms with Gasteiger partial charge in [-0.3, -0.25) is 14.3 Å². The van der Waals surface area contributed by atoms with E-state index in [2.05, 4.69) is 9.97 Å². The summed E-state index contributed by atoms with van der Waals surface area (Å²) in [5.74, 6) is -0.126. The van der Waals surface area contributed by atoms with Crippen molar-refractivity contribution in [1.29, 1.82) is 5.26 Å². The number of hydrogen-bond acceptors (Lipinski definition) is 5. The summed E-state index contributed by atoms with van der Waals surface area (Å²) < 4.78 is 1.33. The lowest BCUT2D eigenvalue weighted by atomic mass is 10.1. The summed E-state index contributed by atoms with van der Waals surface area (Å²) in [5.41, 5.74) is 0.875. The first kappa shape index (κ1) is 18.4. The maximum atomic E-state index is 13.2. The average Bonchev–Trinajstić information content (AvgIpc) is 2.75. The molecule has 7 heteroatoms. The van der Waals surface area contributed by atoms with Crippen LogP contribution in [-0.2, 0) is 0 Å². The third-order valence-corrected chi connectivity index (χ3v) is 4.65. The van der Waals surface area contributed by atoms with E-state index in [1.165, 1.54) is 16.8 Å². The van der Waals surface area contributed by atoms with Crippen LogP contribution in [0.25, 0.3) is 28.4 Å². The molecule has 0 amide bonds. The van der Waals surface area contributed by atoms with Gasteiger partial charge >= 0.3 is 0 Å². The zero-order valence-electron chi connectivity index (χ0n) is 15.0. The fraction of sp³-hybridized carbons (Fsp3) is 0. The van der Waals surface area contributed by atoms with Crippen molar-refractivity contribution in [3.8, 4) is 11.8 Å². The van der Waals surface area contributed by atoms with Crippen LogP contribution in [0.2, 0.25) is 5.02 Å². The molecule has 0 atom stereocenters. The maximum absolute atomic E-state index is 13.2. The summed E-state index contributed by atoms with van der Waals surface area (Å²) in [6.07, 6.45) is 2.77. The average molecular weight is 401 g/mol. The van der Waals surface area contributed by atoms with E-state index in [1.807, 2.05) is 6.07 Å². The minimum Gasteiger partial charge on any atom is -0.505 e. The molecule has 2 heterocycles. The van der Waals surface area contributed by atoms with Crippen molar-refractivity contribution >= 4 is 34.3 Å². The van der Waals surface area contributed by atoms with Crippen molar-refractivity contribution in [2.75, 3.05) is 0 Å². The van der Waals surface area contributed by atoms with Crippen LogP contribution in [0.15, 0.2) is 71.7 Å². The molecule has 0 aliphatic carbocycles. The smallest absolute Gasteiger partial charge is 0.266 e. The minimum absolute atomic E-state index is 0.100. The monoisotopic (exact) mass is 400 g/mol. The molecule has 0 unspecified atom stereocenters. The Hall–Kier alpha value is -3.95. The molecular formula is C22H13ClN4O2. The summed E-state index contributed by atoms with van der Waals surface area (Å²) in [7, 11) is 0. The number of aliphatic hydroxyl groups excluding tert-OH is 1. The van der Waals surface area contributed by atoms with E-state index >= 15 is 0 Å². The summed E-state index contributed by atoms with van der Waals surface area (Å²) in [6.45, 7) is 0. The number of nitriles is 1. The van der Waals surface area contributed by atoms with Crippen LogP contribution in [0.3, 0.4) is 0 Å². The second-order valence-electron chi connectivity index (χ2n) is 6.12. The normalized spacial score (nSPS) is 11.4. The molecule has 6 nitrogen and oxygen atoms in total. The van der Waals surface area contributed by atoms with Gasteiger partial charge < -0.3 is 5.11 Å². The second kappa shape index (κ2) is 7.58. The molecule has 2 aromatic heterocycles. The van der Waals surface area contributed by atoms with Gasteiger partial charge in [-0.1, -0.05) is 35.9 Å². The number of rotatable bonds is 3. The van der Waals surface area contributed by atoms with E-state index < -0.39 is 0 Å². The molecule has 0 radical (unpaired) electrons. The van der Waals surface area contributed by atoms with Crippen LogP contribution < -0.4 is 5.56 Å². The lowest BCUT2D eigenvalue weighted by Crippen LogP contribution is -2.22. The van der Waals surface area contributed by atoms with Crippen molar-refractivity contribution in [3.63, 3.8) is 0 Å². The highest BCUT2D eigenvalue weighted by molar-refractivity contribution is 6.32. The van der Waals surface area contributed by atoms with Crippen molar-refractivity contribution < 1.29 is 5.11 Å². The lowest BCUT2D eigenvalue weighted by Gasteiger charge is -2.13. The number of aliphatic hydroxyl groups is 1. The fourth-order valence-electron chi connectivity index (χ4n) is 3.00. The van der Waals surface area contributed by atoms with Crippen molar-refractivity contribution in [3.05, 3.63) is 99.3 Å². The Morgan fingerprint density at radius 3 is 2.66 bits per heavy atom. The third-order valence-electron chi connectivity index (χ3n) is 4.33. The summed E-state index contributed by atoms with van der Waals surface area (Å²) in [5, 5.41) is 20.7. The molecule has 0 bridgehead atoms. The van der Waals surface area contributed by atoms with E-state index in [4.69, 9.17) is 11.6 Å². The predicted molar refractivity (Wildman–Crippen MR) is 112 cm³/mol. The van der Waals surface area contributed by atoms with Crippen molar-refractivity contribution in [1.82, 2.24) is 14.5 Å². The Bertz CT molecular complexity index is 1370. The number of aromatic nitrogens is 3. The number of para-hydroxylation sites is 2. The van der Waals surface area contributed by atoms with Crippen LogP contribution >= 0.6 is 11.6 Å². The molecule has 0 fully saturated rings. The summed E-state index contributed by atoms with van der Waals surface area (Å²) in [4.78, 5) is 21.8. The standard InChI is InChI=1S/C22H13ClN4O2/c23-16-8-2-4-10-18(16)27-20(26-17-9-3-1-7-15(17)22(27)29)12-19(28)21-14(13-24)6-5-11-25-21/h1-12,28H/b19-12-. The van der Waals surface area contributed by atoms with E-state index in [9.17, 15) is 15.2 Å². The van der Waals surface area contributed by atoms with E-state index in [0.717, 1.165) is 0 Å². The van der Waals surface area contributed by atoms with Crippen LogP contribution in [-0.4, -0.2) is 19.6 Å². The van der Waals surface area contributed by atoms with Crippen molar-refractivity contribution in [2.45, 2.75) is 0 Å². The molecule has 4 rings (SSSR count). The molecule has 2 aromatic carbocycles. The van der Waals surface area contributed by atoms with Gasteiger partial charge in [-0.25, -0.2) is 4.98 Å². The number of fused-ring (bicyclic) bond motifs is 1. The SMILES string of the molecule is N#Cc1cccnc1/C(O)=C/c1nc2ccccc2c(=O)n1-c1ccccc1Cl. The molecular weight excluding hydrogens is 388 g/mol. The predicted octanol–water partition coefficient (Wildman–Crippen LogP) is 4.36. The Labute approximate surface area is 170 Å². The highest BCUT2D eigenvalue weighted by Gasteiger charge is 2.15. The van der Waals surface area contributed by atoms with Crippen LogP contribution in [0.5, 0.6) is 0 Å². The molecule has 0 aliphatic heterocycles. The Morgan fingerprint density at radius 1 is 1.10 bits per heavy atom. The second-order valence-corrected chi connectivity index (χ2v) is 6.53. The topological polar surface area (TPSA) is 91.8 Å². The first-order valence-corrected chi connectivity index (χ1v) is 9.01. The molecule has 0 saturated heterocycles. The first-order valence-electron chi connectivity index (χ1n) is 8.63. The zero-order chi connectivity index (χ0) is 20.4. The van der Waals surface area contributed by atoms with Gasteiger partial charge in [0.15, 0.2) is 0 Å². The highest BCUT2D eigenvalue weighted by Crippen LogP contribution is 2.23. The lowest BCUT2D eigenvalue weighted by molar-refractivity contribution is 0.511. The van der Waals surface area contributed by atoms with Gasteiger partial charge in [-0.05, 0) is 36.4 Å². The van der Waals surface area contributed by atoms with Gasteiger partial charge in [0.25, 0.3) is 5.56 Å². The largest absolute Gasteiger partial charge is 0.505 e. The maximum Gasteiger partial charge on any atom is 0.266 e. The minimum atomic E-state index is -0.329. The molecule has 140 valence electrons. The van der Waals surface area contributed by atoms with Gasteiger partial charge in [0, 0.05) is 12.3 Å². The third kappa shape index (κ3) is 3.35. The van der Waals surface area contributed by atoms with E-state index in [1.54, 1.807) is 60.7 Å². The number of benzene rings is 2. The van der Waals surface area contributed by atoms with Crippen LogP contribution in [0.1, 0.15) is 17.1 Å². The van der Waals surface area contributed by atoms with Gasteiger partial charge in [-0.2, -0.15) is 5.26 Å². The Kier molecular flexibility index (Phi) is 4.82. The Morgan fingerprint density at radius 2 is 1.86 bits per heavy atom. The van der Waals surface area contributed by atoms with E-state index in [-0.39, 0.29) is 28.4 Å². The molecule has 1 N–H and O–H groups in total. The molecule has 4 aromatic rings. The van der Waals surface area contributed by atoms with Crippen LogP contribution in [0.4, 0.5) is 0 Å². The molecule has 29 heavy (non-hydrogen) atoms. The molecule has 0 spiro atoms. The number of hydrogen-bond donors (Lipinski definition) is 1. The number of pyridine rings is 1. The Balaban J connectivity index is 2.04.